The van der Waals surface area contributed by atoms with Crippen LogP contribution in [0.2, 0.25) is 0 Å². The number of carbonyl (C=O) groups is 2. The van der Waals surface area contributed by atoms with Crippen molar-refractivity contribution >= 4 is 23.2 Å². The first-order valence-corrected chi connectivity index (χ1v) is 7.43. The number of ether oxygens (including phenoxy) is 1. The molecule has 118 valence electrons. The average Bonchev–Trinajstić information content (AvgIpc) is 2.95. The number of anilines is 2. The van der Waals surface area contributed by atoms with Gasteiger partial charge in [0.1, 0.15) is 11.8 Å². The number of hydrogen-bond donors (Lipinski definition) is 1. The Hall–Kier alpha value is -2.82. The Morgan fingerprint density at radius 3 is 2.57 bits per heavy atom. The van der Waals surface area contributed by atoms with Crippen molar-refractivity contribution in [2.75, 3.05) is 17.3 Å². The van der Waals surface area contributed by atoms with Crippen molar-refractivity contribution in [1.82, 2.24) is 0 Å². The largest absolute Gasteiger partial charge is 0.495 e. The molecule has 1 aliphatic rings. The van der Waals surface area contributed by atoms with Crippen LogP contribution in [-0.2, 0) is 16.0 Å². The highest BCUT2D eigenvalue weighted by Gasteiger charge is 2.36. The standard InChI is InChI=1S/C18H18N2O3/c1-12(21)20-15-9-5-3-7-13(15)11-16(20)18(22)19-14-8-4-6-10-17(14)23-2/h3-10,16H,11H2,1-2H3,(H,19,22). The molecular weight excluding hydrogens is 292 g/mol. The quantitative estimate of drug-likeness (QED) is 0.948. The highest BCUT2D eigenvalue weighted by molar-refractivity contribution is 6.07. The molecule has 0 saturated heterocycles. The fourth-order valence-corrected chi connectivity index (χ4v) is 2.95. The van der Waals surface area contributed by atoms with Gasteiger partial charge in [-0.05, 0) is 23.8 Å². The summed E-state index contributed by atoms with van der Waals surface area (Å²) in [6.45, 7) is 1.48. The summed E-state index contributed by atoms with van der Waals surface area (Å²) in [4.78, 5) is 26.3. The first-order chi connectivity index (χ1) is 11.1. The van der Waals surface area contributed by atoms with Crippen molar-refractivity contribution in [3.8, 4) is 5.75 Å². The van der Waals surface area contributed by atoms with Crippen LogP contribution in [-0.4, -0.2) is 25.0 Å². The van der Waals surface area contributed by atoms with Crippen LogP contribution in [0.1, 0.15) is 12.5 Å². The Labute approximate surface area is 134 Å². The third-order valence-corrected chi connectivity index (χ3v) is 3.98. The molecule has 2 aromatic rings. The van der Waals surface area contributed by atoms with Crippen LogP contribution in [0.15, 0.2) is 48.5 Å². The number of para-hydroxylation sites is 3. The fourth-order valence-electron chi connectivity index (χ4n) is 2.95. The van der Waals surface area contributed by atoms with Gasteiger partial charge >= 0.3 is 0 Å². The van der Waals surface area contributed by atoms with Crippen molar-refractivity contribution in [3.05, 3.63) is 54.1 Å². The van der Waals surface area contributed by atoms with E-state index in [1.165, 1.54) is 6.92 Å². The molecule has 0 aliphatic carbocycles. The van der Waals surface area contributed by atoms with Gasteiger partial charge in [0.2, 0.25) is 11.8 Å². The Balaban J connectivity index is 1.87. The van der Waals surface area contributed by atoms with E-state index in [9.17, 15) is 9.59 Å². The molecule has 1 N–H and O–H groups in total. The van der Waals surface area contributed by atoms with Gasteiger partial charge in [0.15, 0.2) is 0 Å². The summed E-state index contributed by atoms with van der Waals surface area (Å²) >= 11 is 0. The molecule has 1 unspecified atom stereocenters. The first kappa shape index (κ1) is 15.1. The third-order valence-electron chi connectivity index (χ3n) is 3.98. The van der Waals surface area contributed by atoms with Crippen LogP contribution in [0, 0.1) is 0 Å². The minimum Gasteiger partial charge on any atom is -0.495 e. The number of nitrogens with one attached hydrogen (secondary N) is 1. The molecule has 0 radical (unpaired) electrons. The molecule has 5 heteroatoms. The zero-order valence-corrected chi connectivity index (χ0v) is 13.1. The number of amides is 2. The van der Waals surface area contributed by atoms with Gasteiger partial charge in [0.05, 0.1) is 12.8 Å². The average molecular weight is 310 g/mol. The Bertz CT molecular complexity index is 757. The monoisotopic (exact) mass is 310 g/mol. The SMILES string of the molecule is COc1ccccc1NC(=O)C1Cc2ccccc2N1C(C)=O. The van der Waals surface area contributed by atoms with Crippen LogP contribution in [0.4, 0.5) is 11.4 Å². The number of methoxy groups -OCH3 is 1. The molecule has 2 aromatic carbocycles. The predicted octanol–water partition coefficient (Wildman–Crippen LogP) is 2.61. The van der Waals surface area contributed by atoms with Crippen molar-refractivity contribution < 1.29 is 14.3 Å². The summed E-state index contributed by atoms with van der Waals surface area (Å²) in [5.74, 6) is 0.224. The summed E-state index contributed by atoms with van der Waals surface area (Å²) in [6, 6.07) is 14.3. The smallest absolute Gasteiger partial charge is 0.248 e. The van der Waals surface area contributed by atoms with Crippen molar-refractivity contribution in [3.63, 3.8) is 0 Å². The van der Waals surface area contributed by atoms with E-state index in [2.05, 4.69) is 5.32 Å². The molecule has 0 fully saturated rings. The Morgan fingerprint density at radius 2 is 1.83 bits per heavy atom. The van der Waals surface area contributed by atoms with Gasteiger partial charge in [-0.1, -0.05) is 30.3 Å². The zero-order valence-electron chi connectivity index (χ0n) is 13.1. The van der Waals surface area contributed by atoms with Gasteiger partial charge in [0.25, 0.3) is 0 Å². The normalized spacial score (nSPS) is 15.9. The zero-order chi connectivity index (χ0) is 16.4. The Morgan fingerprint density at radius 1 is 1.13 bits per heavy atom. The van der Waals surface area contributed by atoms with E-state index in [-0.39, 0.29) is 11.8 Å². The summed E-state index contributed by atoms with van der Waals surface area (Å²) in [7, 11) is 1.55. The predicted molar refractivity (Wildman–Crippen MR) is 88.7 cm³/mol. The van der Waals surface area contributed by atoms with E-state index in [1.807, 2.05) is 36.4 Å². The number of benzene rings is 2. The number of nitrogens with zero attached hydrogens (tertiary/aromatic N) is 1. The fraction of sp³-hybridized carbons (Fsp3) is 0.222. The molecule has 0 bridgehead atoms. The van der Waals surface area contributed by atoms with Crippen LogP contribution in [0.5, 0.6) is 5.75 Å². The van der Waals surface area contributed by atoms with E-state index in [1.54, 1.807) is 24.1 Å². The maximum atomic E-state index is 12.7. The molecule has 1 heterocycles. The summed E-state index contributed by atoms with van der Waals surface area (Å²) in [5.41, 5.74) is 2.41. The van der Waals surface area contributed by atoms with Crippen molar-refractivity contribution in [1.29, 1.82) is 0 Å². The number of rotatable bonds is 3. The highest BCUT2D eigenvalue weighted by Crippen LogP contribution is 2.33. The van der Waals surface area contributed by atoms with Gasteiger partial charge in [0, 0.05) is 19.0 Å². The maximum Gasteiger partial charge on any atom is 0.248 e. The van der Waals surface area contributed by atoms with Gasteiger partial charge < -0.3 is 10.1 Å². The number of carbonyl (C=O) groups excluding carboxylic acids is 2. The molecule has 5 nitrogen and oxygen atoms in total. The molecule has 0 aromatic heterocycles. The molecule has 1 atom stereocenters. The van der Waals surface area contributed by atoms with Crippen LogP contribution in [0.3, 0.4) is 0 Å². The van der Waals surface area contributed by atoms with Gasteiger partial charge in [-0.2, -0.15) is 0 Å². The van der Waals surface area contributed by atoms with E-state index in [0.29, 0.717) is 17.9 Å². The van der Waals surface area contributed by atoms with Gasteiger partial charge in [-0.25, -0.2) is 0 Å². The second-order valence-electron chi connectivity index (χ2n) is 5.43. The second kappa shape index (κ2) is 6.12. The Kier molecular flexibility index (Phi) is 4.02. The number of hydrogen-bond acceptors (Lipinski definition) is 3. The molecular formula is C18H18N2O3. The lowest BCUT2D eigenvalue weighted by Crippen LogP contribution is -2.44. The van der Waals surface area contributed by atoms with Crippen molar-refractivity contribution in [2.24, 2.45) is 0 Å². The third kappa shape index (κ3) is 2.77. The first-order valence-electron chi connectivity index (χ1n) is 7.43. The van der Waals surface area contributed by atoms with Gasteiger partial charge in [-0.15, -0.1) is 0 Å². The van der Waals surface area contributed by atoms with E-state index >= 15 is 0 Å². The van der Waals surface area contributed by atoms with Crippen LogP contribution in [0.25, 0.3) is 0 Å². The minimum atomic E-state index is -0.546. The second-order valence-corrected chi connectivity index (χ2v) is 5.43. The minimum absolute atomic E-state index is 0.143. The molecule has 0 spiro atoms. The topological polar surface area (TPSA) is 58.6 Å². The summed E-state index contributed by atoms with van der Waals surface area (Å²) in [6.07, 6.45) is 0.511. The molecule has 23 heavy (non-hydrogen) atoms. The lowest BCUT2D eigenvalue weighted by atomic mass is 10.1. The van der Waals surface area contributed by atoms with Crippen LogP contribution >= 0.6 is 0 Å². The van der Waals surface area contributed by atoms with Gasteiger partial charge in [-0.3, -0.25) is 14.5 Å². The molecule has 3 rings (SSSR count). The lowest BCUT2D eigenvalue weighted by Gasteiger charge is -2.23. The molecule has 1 aliphatic heterocycles. The maximum absolute atomic E-state index is 12.7. The van der Waals surface area contributed by atoms with E-state index < -0.39 is 6.04 Å². The summed E-state index contributed by atoms with van der Waals surface area (Å²) in [5, 5.41) is 2.87. The summed E-state index contributed by atoms with van der Waals surface area (Å²) < 4.78 is 5.25. The highest BCUT2D eigenvalue weighted by atomic mass is 16.5. The van der Waals surface area contributed by atoms with E-state index in [4.69, 9.17) is 4.74 Å². The lowest BCUT2D eigenvalue weighted by molar-refractivity contribution is -0.122. The number of fused-ring (bicyclic) bond motifs is 1. The van der Waals surface area contributed by atoms with Crippen LogP contribution < -0.4 is 15.0 Å². The molecule has 0 saturated carbocycles. The molecule has 2 amide bonds. The van der Waals surface area contributed by atoms with E-state index in [0.717, 1.165) is 11.3 Å². The van der Waals surface area contributed by atoms with Crippen molar-refractivity contribution in [2.45, 2.75) is 19.4 Å².